The summed E-state index contributed by atoms with van der Waals surface area (Å²) >= 11 is 0. The molecule has 0 atom stereocenters. The molecule has 0 bridgehead atoms. The van der Waals surface area contributed by atoms with E-state index in [1.807, 2.05) is 13.8 Å². The summed E-state index contributed by atoms with van der Waals surface area (Å²) in [5, 5.41) is 0. The standard InChI is InChI=1S/C19H15F3N2O3/c1-18(2)8-15(24-10-11-5-6-23-9-14(11)17(24)25)13-7-12(26-19(20,21)22)3-4-16(13)27-18/h3-9H,10H2,1-2H3. The van der Waals surface area contributed by atoms with Crippen LogP contribution in [-0.4, -0.2) is 27.8 Å². The Bertz CT molecular complexity index is 967. The molecular weight excluding hydrogens is 361 g/mol. The quantitative estimate of drug-likeness (QED) is 0.790. The van der Waals surface area contributed by atoms with E-state index in [0.29, 0.717) is 29.1 Å². The number of pyridine rings is 1. The van der Waals surface area contributed by atoms with Gasteiger partial charge < -0.3 is 14.4 Å². The third-order valence-electron chi connectivity index (χ3n) is 4.32. The number of carbonyl (C=O) groups excluding carboxylic acids is 1. The summed E-state index contributed by atoms with van der Waals surface area (Å²) in [5.41, 5.74) is 1.40. The fourth-order valence-electron chi connectivity index (χ4n) is 3.27. The summed E-state index contributed by atoms with van der Waals surface area (Å²) in [7, 11) is 0. The third-order valence-corrected chi connectivity index (χ3v) is 4.32. The van der Waals surface area contributed by atoms with Crippen LogP contribution in [0, 0.1) is 0 Å². The van der Waals surface area contributed by atoms with Crippen LogP contribution in [0.15, 0.2) is 42.7 Å². The lowest BCUT2D eigenvalue weighted by Gasteiger charge is -2.34. The molecule has 2 aliphatic rings. The first kappa shape index (κ1) is 17.4. The van der Waals surface area contributed by atoms with Crippen LogP contribution in [0.25, 0.3) is 5.70 Å². The van der Waals surface area contributed by atoms with Crippen molar-refractivity contribution in [2.75, 3.05) is 0 Å². The molecule has 8 heteroatoms. The number of carbonyl (C=O) groups is 1. The van der Waals surface area contributed by atoms with Crippen LogP contribution in [-0.2, 0) is 6.54 Å². The fraction of sp³-hybridized carbons (Fsp3) is 0.263. The molecule has 0 saturated carbocycles. The minimum atomic E-state index is -4.81. The molecule has 4 rings (SSSR count). The van der Waals surface area contributed by atoms with E-state index in [4.69, 9.17) is 4.74 Å². The zero-order valence-corrected chi connectivity index (χ0v) is 14.5. The zero-order chi connectivity index (χ0) is 19.4. The van der Waals surface area contributed by atoms with Gasteiger partial charge in [-0.1, -0.05) is 0 Å². The van der Waals surface area contributed by atoms with Crippen molar-refractivity contribution in [2.45, 2.75) is 32.4 Å². The summed E-state index contributed by atoms with van der Waals surface area (Å²) in [6.45, 7) is 3.93. The van der Waals surface area contributed by atoms with Crippen LogP contribution >= 0.6 is 0 Å². The van der Waals surface area contributed by atoms with E-state index in [1.165, 1.54) is 29.3 Å². The number of nitrogens with zero attached hydrogens (tertiary/aromatic N) is 2. The zero-order valence-electron chi connectivity index (χ0n) is 14.5. The Labute approximate surface area is 153 Å². The molecule has 0 aliphatic carbocycles. The van der Waals surface area contributed by atoms with Crippen LogP contribution in [0.5, 0.6) is 11.5 Å². The van der Waals surface area contributed by atoms with Crippen LogP contribution in [0.4, 0.5) is 13.2 Å². The van der Waals surface area contributed by atoms with Crippen molar-refractivity contribution < 1.29 is 27.4 Å². The molecule has 5 nitrogen and oxygen atoms in total. The lowest BCUT2D eigenvalue weighted by molar-refractivity contribution is -0.274. The average molecular weight is 376 g/mol. The predicted molar refractivity (Wildman–Crippen MR) is 89.9 cm³/mol. The Morgan fingerprint density at radius 2 is 2.00 bits per heavy atom. The Balaban J connectivity index is 1.78. The minimum Gasteiger partial charge on any atom is -0.483 e. The number of rotatable bonds is 2. The number of alkyl halides is 3. The SMILES string of the molecule is CC1(C)C=C(N2Cc3ccncc3C2=O)c2cc(OC(F)(F)F)ccc2O1. The van der Waals surface area contributed by atoms with E-state index in [-0.39, 0.29) is 11.7 Å². The number of amides is 1. The molecular formula is C19H15F3N2O3. The van der Waals surface area contributed by atoms with E-state index in [1.54, 1.807) is 18.3 Å². The topological polar surface area (TPSA) is 51.7 Å². The molecule has 27 heavy (non-hydrogen) atoms. The Hall–Kier alpha value is -3.03. The molecule has 140 valence electrons. The molecule has 0 radical (unpaired) electrons. The van der Waals surface area contributed by atoms with E-state index in [0.717, 1.165) is 5.56 Å². The van der Waals surface area contributed by atoms with Crippen molar-refractivity contribution in [1.29, 1.82) is 0 Å². The molecule has 0 spiro atoms. The molecule has 0 fully saturated rings. The maximum absolute atomic E-state index is 12.8. The van der Waals surface area contributed by atoms with Crippen molar-refractivity contribution in [3.05, 3.63) is 59.4 Å². The van der Waals surface area contributed by atoms with Gasteiger partial charge >= 0.3 is 6.36 Å². The fourth-order valence-corrected chi connectivity index (χ4v) is 3.27. The van der Waals surface area contributed by atoms with Gasteiger partial charge in [-0.05, 0) is 49.8 Å². The highest BCUT2D eigenvalue weighted by Gasteiger charge is 2.37. The smallest absolute Gasteiger partial charge is 0.483 e. The van der Waals surface area contributed by atoms with Crippen molar-refractivity contribution in [2.24, 2.45) is 0 Å². The monoisotopic (exact) mass is 376 g/mol. The molecule has 0 unspecified atom stereocenters. The highest BCUT2D eigenvalue weighted by Crippen LogP contribution is 2.42. The molecule has 1 aromatic carbocycles. The van der Waals surface area contributed by atoms with Gasteiger partial charge in [0.15, 0.2) is 0 Å². The number of aromatic nitrogens is 1. The van der Waals surface area contributed by atoms with Gasteiger partial charge in [-0.3, -0.25) is 9.78 Å². The van der Waals surface area contributed by atoms with E-state index in [9.17, 15) is 18.0 Å². The molecule has 2 aromatic rings. The van der Waals surface area contributed by atoms with Gasteiger partial charge in [0.2, 0.25) is 0 Å². The summed E-state index contributed by atoms with van der Waals surface area (Å²) < 4.78 is 47.7. The number of hydrogen-bond acceptors (Lipinski definition) is 4. The summed E-state index contributed by atoms with van der Waals surface area (Å²) in [6.07, 6.45) is 0.0100. The second-order valence-electron chi connectivity index (χ2n) is 6.86. The molecule has 2 aliphatic heterocycles. The first-order chi connectivity index (χ1) is 12.6. The molecule has 0 saturated heterocycles. The van der Waals surface area contributed by atoms with Gasteiger partial charge in [-0.2, -0.15) is 0 Å². The largest absolute Gasteiger partial charge is 0.573 e. The second kappa shape index (κ2) is 5.73. The van der Waals surface area contributed by atoms with Crippen LogP contribution in [0.1, 0.15) is 35.3 Å². The summed E-state index contributed by atoms with van der Waals surface area (Å²) in [6, 6.07) is 5.59. The van der Waals surface area contributed by atoms with Crippen molar-refractivity contribution in [1.82, 2.24) is 9.88 Å². The van der Waals surface area contributed by atoms with Crippen molar-refractivity contribution in [3.8, 4) is 11.5 Å². The average Bonchev–Trinajstić information content (AvgIpc) is 2.90. The number of fused-ring (bicyclic) bond motifs is 2. The number of hydrogen-bond donors (Lipinski definition) is 0. The highest BCUT2D eigenvalue weighted by atomic mass is 19.4. The van der Waals surface area contributed by atoms with Crippen LogP contribution in [0.2, 0.25) is 0 Å². The number of benzene rings is 1. The normalized spacial score (nSPS) is 17.7. The number of halogens is 3. The Kier molecular flexibility index (Phi) is 3.69. The number of ether oxygens (including phenoxy) is 2. The van der Waals surface area contributed by atoms with Gasteiger partial charge in [0.25, 0.3) is 5.91 Å². The van der Waals surface area contributed by atoms with Crippen molar-refractivity contribution in [3.63, 3.8) is 0 Å². The van der Waals surface area contributed by atoms with E-state index < -0.39 is 12.0 Å². The maximum Gasteiger partial charge on any atom is 0.573 e. The molecule has 0 N–H and O–H groups in total. The van der Waals surface area contributed by atoms with Crippen LogP contribution < -0.4 is 9.47 Å². The first-order valence-electron chi connectivity index (χ1n) is 8.20. The molecule has 3 heterocycles. The van der Waals surface area contributed by atoms with Gasteiger partial charge in [0, 0.05) is 18.0 Å². The third kappa shape index (κ3) is 3.22. The molecule has 1 aromatic heterocycles. The Morgan fingerprint density at radius 1 is 1.22 bits per heavy atom. The maximum atomic E-state index is 12.8. The van der Waals surface area contributed by atoms with Gasteiger partial charge in [0.05, 0.1) is 17.8 Å². The summed E-state index contributed by atoms with van der Waals surface area (Å²) in [5.74, 6) is -0.245. The van der Waals surface area contributed by atoms with Crippen molar-refractivity contribution >= 4 is 11.6 Å². The van der Waals surface area contributed by atoms with E-state index >= 15 is 0 Å². The Morgan fingerprint density at radius 3 is 2.70 bits per heavy atom. The lowest BCUT2D eigenvalue weighted by atomic mass is 9.98. The summed E-state index contributed by atoms with van der Waals surface area (Å²) in [4.78, 5) is 18.3. The first-order valence-corrected chi connectivity index (χ1v) is 8.20. The van der Waals surface area contributed by atoms with Gasteiger partial charge in [-0.15, -0.1) is 13.2 Å². The lowest BCUT2D eigenvalue weighted by Crippen LogP contribution is -2.34. The highest BCUT2D eigenvalue weighted by molar-refractivity contribution is 6.03. The second-order valence-corrected chi connectivity index (χ2v) is 6.86. The van der Waals surface area contributed by atoms with Gasteiger partial charge in [-0.25, -0.2) is 0 Å². The van der Waals surface area contributed by atoms with Gasteiger partial charge in [0.1, 0.15) is 17.1 Å². The minimum absolute atomic E-state index is 0.254. The molecule has 1 amide bonds. The van der Waals surface area contributed by atoms with Crippen LogP contribution in [0.3, 0.4) is 0 Å². The predicted octanol–water partition coefficient (Wildman–Crippen LogP) is 4.15. The van der Waals surface area contributed by atoms with E-state index in [2.05, 4.69) is 9.72 Å².